The van der Waals surface area contributed by atoms with Crippen LogP contribution in [0.5, 0.6) is 0 Å². The van der Waals surface area contributed by atoms with E-state index in [4.69, 9.17) is 5.84 Å². The Balaban J connectivity index is 2.36. The monoisotopic (exact) mass is 325 g/mol. The summed E-state index contributed by atoms with van der Waals surface area (Å²) in [5.41, 5.74) is 5.50. The molecule has 0 radical (unpaired) electrons. The summed E-state index contributed by atoms with van der Waals surface area (Å²) in [5.74, 6) is 5.38. The van der Waals surface area contributed by atoms with Gasteiger partial charge in [-0.3, -0.25) is 5.84 Å². The molecule has 0 saturated carbocycles. The molecular weight excluding hydrogens is 306 g/mol. The number of hydrazine groups is 1. The van der Waals surface area contributed by atoms with Crippen LogP contribution in [0.25, 0.3) is 0 Å². The van der Waals surface area contributed by atoms with E-state index in [0.29, 0.717) is 21.7 Å². The van der Waals surface area contributed by atoms with Crippen molar-refractivity contribution >= 4 is 27.0 Å². The van der Waals surface area contributed by atoms with E-state index in [9.17, 15) is 8.42 Å². The molecule has 0 saturated heterocycles. The molecule has 1 heterocycles. The molecule has 2 rings (SSSR count). The van der Waals surface area contributed by atoms with Crippen LogP contribution < -0.4 is 16.0 Å². The minimum atomic E-state index is -3.59. The Morgan fingerprint density at radius 3 is 2.33 bits per heavy atom. The SMILES string of the molecule is Cc1cc(NN)cc(C)c1S(=O)(=O)NC(C)c1ccsc1. The number of hydrogen-bond acceptors (Lipinski definition) is 5. The fraction of sp³-hybridized carbons (Fsp3) is 0.286. The molecule has 5 nitrogen and oxygen atoms in total. The van der Waals surface area contributed by atoms with Crippen LogP contribution >= 0.6 is 11.3 Å². The fourth-order valence-corrected chi connectivity index (χ4v) is 4.78. The molecule has 1 aromatic carbocycles. The average molecular weight is 325 g/mol. The molecule has 2 aromatic rings. The van der Waals surface area contributed by atoms with E-state index in [1.165, 1.54) is 0 Å². The third-order valence-corrected chi connectivity index (χ3v) is 5.82. The number of nitrogen functional groups attached to an aromatic ring is 1. The maximum absolute atomic E-state index is 12.6. The third kappa shape index (κ3) is 3.44. The number of aryl methyl sites for hydroxylation is 2. The van der Waals surface area contributed by atoms with Gasteiger partial charge in [-0.25, -0.2) is 13.1 Å². The molecule has 0 fully saturated rings. The van der Waals surface area contributed by atoms with Crippen LogP contribution in [0.4, 0.5) is 5.69 Å². The number of nitrogens with two attached hydrogens (primary N) is 1. The Morgan fingerprint density at radius 1 is 1.24 bits per heavy atom. The van der Waals surface area contributed by atoms with Gasteiger partial charge in [-0.05, 0) is 66.4 Å². The molecule has 114 valence electrons. The molecule has 0 aliphatic rings. The van der Waals surface area contributed by atoms with Crippen molar-refractivity contribution in [1.29, 1.82) is 0 Å². The normalized spacial score (nSPS) is 13.1. The van der Waals surface area contributed by atoms with Crippen LogP contribution in [-0.4, -0.2) is 8.42 Å². The summed E-state index contributed by atoms with van der Waals surface area (Å²) in [5, 5.41) is 3.87. The highest BCUT2D eigenvalue weighted by Gasteiger charge is 2.23. The van der Waals surface area contributed by atoms with E-state index >= 15 is 0 Å². The van der Waals surface area contributed by atoms with Gasteiger partial charge in [-0.15, -0.1) is 0 Å². The molecule has 4 N–H and O–H groups in total. The number of rotatable bonds is 5. The molecule has 21 heavy (non-hydrogen) atoms. The Bertz CT molecular complexity index is 702. The van der Waals surface area contributed by atoms with Crippen molar-refractivity contribution < 1.29 is 8.42 Å². The predicted octanol–water partition coefficient (Wildman–Crippen LogP) is 2.69. The van der Waals surface area contributed by atoms with Gasteiger partial charge >= 0.3 is 0 Å². The van der Waals surface area contributed by atoms with Gasteiger partial charge in [0.05, 0.1) is 4.90 Å². The van der Waals surface area contributed by atoms with Gasteiger partial charge in [0.25, 0.3) is 0 Å². The van der Waals surface area contributed by atoms with E-state index in [1.54, 1.807) is 37.3 Å². The second kappa shape index (κ2) is 6.15. The van der Waals surface area contributed by atoms with Gasteiger partial charge in [0.2, 0.25) is 10.0 Å². The Labute approximate surface area is 129 Å². The highest BCUT2D eigenvalue weighted by Crippen LogP contribution is 2.26. The van der Waals surface area contributed by atoms with Crippen LogP contribution in [0.1, 0.15) is 29.7 Å². The first-order valence-corrected chi connectivity index (χ1v) is 8.90. The van der Waals surface area contributed by atoms with Crippen LogP contribution in [-0.2, 0) is 10.0 Å². The fourth-order valence-electron chi connectivity index (χ4n) is 2.34. The molecular formula is C14H19N3O2S2. The molecule has 0 aliphatic carbocycles. The Hall–Kier alpha value is -1.41. The Morgan fingerprint density at radius 2 is 1.86 bits per heavy atom. The van der Waals surface area contributed by atoms with Crippen molar-refractivity contribution in [2.75, 3.05) is 5.43 Å². The lowest BCUT2D eigenvalue weighted by Gasteiger charge is -2.17. The lowest BCUT2D eigenvalue weighted by Crippen LogP contribution is -2.28. The summed E-state index contributed by atoms with van der Waals surface area (Å²) < 4.78 is 28.0. The van der Waals surface area contributed by atoms with E-state index in [-0.39, 0.29) is 6.04 Å². The number of sulfonamides is 1. The van der Waals surface area contributed by atoms with Gasteiger partial charge < -0.3 is 5.43 Å². The zero-order valence-corrected chi connectivity index (χ0v) is 13.8. The molecule has 7 heteroatoms. The van der Waals surface area contributed by atoms with Crippen molar-refractivity contribution in [3.63, 3.8) is 0 Å². The molecule has 1 atom stereocenters. The third-order valence-electron chi connectivity index (χ3n) is 3.27. The lowest BCUT2D eigenvalue weighted by atomic mass is 10.1. The highest BCUT2D eigenvalue weighted by atomic mass is 32.2. The zero-order valence-electron chi connectivity index (χ0n) is 12.2. The van der Waals surface area contributed by atoms with Gasteiger partial charge in [-0.2, -0.15) is 11.3 Å². The van der Waals surface area contributed by atoms with Crippen molar-refractivity contribution in [3.05, 3.63) is 45.6 Å². The summed E-state index contributed by atoms with van der Waals surface area (Å²) in [4.78, 5) is 0.309. The van der Waals surface area contributed by atoms with Crippen LogP contribution in [0.3, 0.4) is 0 Å². The second-order valence-corrected chi connectivity index (χ2v) is 7.41. The van der Waals surface area contributed by atoms with E-state index in [1.807, 2.05) is 23.8 Å². The summed E-state index contributed by atoms with van der Waals surface area (Å²) in [6, 6.07) is 5.08. The van der Waals surface area contributed by atoms with Crippen molar-refractivity contribution in [2.24, 2.45) is 5.84 Å². The molecule has 0 amide bonds. The average Bonchev–Trinajstić information content (AvgIpc) is 2.90. The van der Waals surface area contributed by atoms with Gasteiger partial charge in [0.15, 0.2) is 0 Å². The van der Waals surface area contributed by atoms with Gasteiger partial charge in [0.1, 0.15) is 0 Å². The Kier molecular flexibility index (Phi) is 4.67. The minimum absolute atomic E-state index is 0.271. The van der Waals surface area contributed by atoms with Crippen LogP contribution in [0.15, 0.2) is 33.9 Å². The molecule has 0 spiro atoms. The maximum Gasteiger partial charge on any atom is 0.241 e. The summed E-state index contributed by atoms with van der Waals surface area (Å²) in [6.45, 7) is 5.36. The topological polar surface area (TPSA) is 84.2 Å². The number of thiophene rings is 1. The quantitative estimate of drug-likeness (QED) is 0.583. The molecule has 1 aromatic heterocycles. The van der Waals surface area contributed by atoms with Gasteiger partial charge in [-0.1, -0.05) is 0 Å². The number of benzene rings is 1. The largest absolute Gasteiger partial charge is 0.324 e. The highest BCUT2D eigenvalue weighted by molar-refractivity contribution is 7.89. The summed E-state index contributed by atoms with van der Waals surface area (Å²) >= 11 is 1.54. The van der Waals surface area contributed by atoms with E-state index < -0.39 is 10.0 Å². The number of anilines is 1. The molecule has 0 bridgehead atoms. The summed E-state index contributed by atoms with van der Waals surface area (Å²) in [6.07, 6.45) is 0. The summed E-state index contributed by atoms with van der Waals surface area (Å²) in [7, 11) is -3.59. The van der Waals surface area contributed by atoms with Crippen LogP contribution in [0, 0.1) is 13.8 Å². The molecule has 0 aliphatic heterocycles. The van der Waals surface area contributed by atoms with E-state index in [0.717, 1.165) is 5.56 Å². The standard InChI is InChI=1S/C14H19N3O2S2/c1-9-6-13(16-15)7-10(2)14(9)21(18,19)17-11(3)12-4-5-20-8-12/h4-8,11,16-17H,15H2,1-3H3. The van der Waals surface area contributed by atoms with Gasteiger partial charge in [0, 0.05) is 11.7 Å². The first-order valence-electron chi connectivity index (χ1n) is 6.47. The number of nitrogens with one attached hydrogen (secondary N) is 2. The lowest BCUT2D eigenvalue weighted by molar-refractivity contribution is 0.566. The first-order chi connectivity index (χ1) is 9.85. The second-order valence-electron chi connectivity index (χ2n) is 4.98. The van der Waals surface area contributed by atoms with Crippen molar-refractivity contribution in [2.45, 2.75) is 31.7 Å². The van der Waals surface area contributed by atoms with Crippen molar-refractivity contribution in [3.8, 4) is 0 Å². The van der Waals surface area contributed by atoms with Crippen molar-refractivity contribution in [1.82, 2.24) is 4.72 Å². The molecule has 1 unspecified atom stereocenters. The van der Waals surface area contributed by atoms with Crippen LogP contribution in [0.2, 0.25) is 0 Å². The van der Waals surface area contributed by atoms with E-state index in [2.05, 4.69) is 10.1 Å². The smallest absolute Gasteiger partial charge is 0.241 e. The zero-order chi connectivity index (χ0) is 15.6. The number of hydrogen-bond donors (Lipinski definition) is 3. The minimum Gasteiger partial charge on any atom is -0.324 e. The first kappa shape index (κ1) is 16.0. The maximum atomic E-state index is 12.6. The predicted molar refractivity (Wildman–Crippen MR) is 86.8 cm³/mol.